The summed E-state index contributed by atoms with van der Waals surface area (Å²) in [5, 5.41) is 18.8. The first-order valence-electron chi connectivity index (χ1n) is 22.1. The lowest BCUT2D eigenvalue weighted by Gasteiger charge is -2.59. The third kappa shape index (κ3) is 12.8. The van der Waals surface area contributed by atoms with Crippen LogP contribution in [-0.4, -0.2) is 70.8 Å². The zero-order valence-electron chi connectivity index (χ0n) is 37.9. The maximum Gasteiger partial charge on any atom is 0.267 e. The highest BCUT2D eigenvalue weighted by Crippen LogP contribution is 2.65. The third-order valence-electron chi connectivity index (χ3n) is 12.9. The summed E-state index contributed by atoms with van der Waals surface area (Å²) < 4.78 is 38.8. The van der Waals surface area contributed by atoms with Gasteiger partial charge in [0, 0.05) is 60.9 Å². The molecule has 0 unspecified atom stereocenters. The molecule has 3 atom stereocenters. The lowest BCUT2D eigenvalue weighted by atomic mass is 9.45. The molecule has 63 heavy (non-hydrogen) atoms. The third-order valence-corrected chi connectivity index (χ3v) is 14.7. The molecule has 5 rings (SSSR count). The number of nitrogens with one attached hydrogen (secondary N) is 2. The Morgan fingerprint density at radius 3 is 2.25 bits per heavy atom. The monoisotopic (exact) mass is 883 g/mol. The Labute approximate surface area is 374 Å². The van der Waals surface area contributed by atoms with Crippen LogP contribution < -0.4 is 20.1 Å². The van der Waals surface area contributed by atoms with Crippen LogP contribution in [0.3, 0.4) is 0 Å². The van der Waals surface area contributed by atoms with E-state index >= 15 is 0 Å². The summed E-state index contributed by atoms with van der Waals surface area (Å²) in [6, 6.07) is 11.3. The van der Waals surface area contributed by atoms with E-state index in [0.717, 1.165) is 74.8 Å². The number of rotatable bonds is 26. The molecule has 3 aliphatic carbocycles. The van der Waals surface area contributed by atoms with Crippen LogP contribution in [0.4, 0.5) is 0 Å². The van der Waals surface area contributed by atoms with Crippen molar-refractivity contribution in [2.24, 2.45) is 22.4 Å². The molecule has 340 valence electrons. The SMILES string of the molecule is C#CCCC(=O)N(CC#N)S(=O)(=O)c1ccc(C(=O)NCCCCCCC(=O)NCC2=C[C@H](c3c(OC)cc(C(C)(C)CCCCCCN=[N+]=[N-])cc3OC)[C@@H]3C[C@H]2C3(C)C)cc1. The molecule has 0 spiro atoms. The van der Waals surface area contributed by atoms with Gasteiger partial charge in [0.05, 0.1) is 25.2 Å². The largest absolute Gasteiger partial charge is 0.496 e. The van der Waals surface area contributed by atoms with Crippen LogP contribution in [0.25, 0.3) is 10.4 Å². The molecule has 0 radical (unpaired) electrons. The van der Waals surface area contributed by atoms with Gasteiger partial charge in [-0.25, -0.2) is 12.7 Å². The van der Waals surface area contributed by atoms with Gasteiger partial charge in [0.15, 0.2) is 0 Å². The number of terminal acetylenes is 1. The van der Waals surface area contributed by atoms with Crippen molar-refractivity contribution in [1.29, 1.82) is 5.26 Å². The molecule has 3 amide bonds. The second-order valence-corrected chi connectivity index (χ2v) is 19.6. The highest BCUT2D eigenvalue weighted by atomic mass is 32.2. The van der Waals surface area contributed by atoms with E-state index in [1.165, 1.54) is 35.4 Å². The van der Waals surface area contributed by atoms with Crippen LogP contribution in [0.2, 0.25) is 0 Å². The summed E-state index contributed by atoms with van der Waals surface area (Å²) in [6.07, 6.45) is 17.0. The predicted octanol–water partition coefficient (Wildman–Crippen LogP) is 8.88. The van der Waals surface area contributed by atoms with Crippen molar-refractivity contribution in [2.45, 2.75) is 127 Å². The second-order valence-electron chi connectivity index (χ2n) is 17.8. The van der Waals surface area contributed by atoms with Crippen LogP contribution in [-0.2, 0) is 25.0 Å². The van der Waals surface area contributed by atoms with Crippen molar-refractivity contribution in [3.63, 3.8) is 0 Å². The van der Waals surface area contributed by atoms with Crippen molar-refractivity contribution in [3.05, 3.63) is 75.2 Å². The molecular weight excluding hydrogens is 819 g/mol. The molecule has 1 fully saturated rings. The van der Waals surface area contributed by atoms with Crippen LogP contribution in [0.5, 0.6) is 11.5 Å². The summed E-state index contributed by atoms with van der Waals surface area (Å²) in [7, 11) is -0.853. The number of carbonyl (C=O) groups is 3. The number of sulfonamides is 1. The normalized spacial score (nSPS) is 17.4. The van der Waals surface area contributed by atoms with E-state index in [1.807, 2.05) is 0 Å². The lowest BCUT2D eigenvalue weighted by molar-refractivity contribution is -0.126. The Morgan fingerprint density at radius 2 is 1.63 bits per heavy atom. The Morgan fingerprint density at radius 1 is 0.984 bits per heavy atom. The fraction of sp³-hybridized carbons (Fsp3) is 0.583. The summed E-state index contributed by atoms with van der Waals surface area (Å²) in [5.74, 6) is 3.70. The molecule has 2 aromatic carbocycles. The molecule has 0 aliphatic heterocycles. The van der Waals surface area contributed by atoms with E-state index in [1.54, 1.807) is 20.3 Å². The fourth-order valence-corrected chi connectivity index (χ4v) is 10.3. The minimum Gasteiger partial charge on any atom is -0.496 e. The number of carbonyl (C=O) groups excluding carboxylic acids is 3. The van der Waals surface area contributed by atoms with Gasteiger partial charge in [-0.15, -0.1) is 12.3 Å². The second kappa shape index (κ2) is 23.3. The van der Waals surface area contributed by atoms with Gasteiger partial charge in [-0.1, -0.05) is 76.6 Å². The van der Waals surface area contributed by atoms with E-state index < -0.39 is 22.5 Å². The first-order chi connectivity index (χ1) is 30.1. The van der Waals surface area contributed by atoms with Gasteiger partial charge in [0.25, 0.3) is 15.9 Å². The Hall–Kier alpha value is -5.50. The number of nitriles is 1. The van der Waals surface area contributed by atoms with Gasteiger partial charge >= 0.3 is 0 Å². The molecule has 1 saturated carbocycles. The van der Waals surface area contributed by atoms with Gasteiger partial charge in [0.1, 0.15) is 18.0 Å². The first kappa shape index (κ1) is 50.1. The number of azide groups is 1. The lowest BCUT2D eigenvalue weighted by Crippen LogP contribution is -2.52. The molecule has 15 heteroatoms. The van der Waals surface area contributed by atoms with Crippen molar-refractivity contribution in [2.75, 3.05) is 40.4 Å². The molecule has 0 heterocycles. The van der Waals surface area contributed by atoms with E-state index in [2.05, 4.69) is 72.5 Å². The first-order valence-corrected chi connectivity index (χ1v) is 23.5. The molecular formula is C48H65N7O7S. The number of allylic oxidation sites excluding steroid dienone is 1. The summed E-state index contributed by atoms with van der Waals surface area (Å²) in [5.41, 5.74) is 12.2. The van der Waals surface area contributed by atoms with E-state index in [0.29, 0.717) is 48.6 Å². The molecule has 2 N–H and O–H groups in total. The van der Waals surface area contributed by atoms with Crippen LogP contribution in [0.1, 0.15) is 139 Å². The Bertz CT molecular complexity index is 2170. The maximum atomic E-state index is 13.0. The minimum atomic E-state index is -4.30. The number of fused-ring (bicyclic) bond motifs is 1. The van der Waals surface area contributed by atoms with Gasteiger partial charge in [-0.3, -0.25) is 14.4 Å². The van der Waals surface area contributed by atoms with Crippen molar-refractivity contribution in [3.8, 4) is 29.9 Å². The number of amides is 3. The quantitative estimate of drug-likeness (QED) is 0.0177. The van der Waals surface area contributed by atoms with Crippen molar-refractivity contribution < 1.29 is 32.3 Å². The van der Waals surface area contributed by atoms with Crippen LogP contribution >= 0.6 is 0 Å². The number of hydrogen-bond donors (Lipinski definition) is 2. The topological polar surface area (TPSA) is 204 Å². The summed E-state index contributed by atoms with van der Waals surface area (Å²) >= 11 is 0. The van der Waals surface area contributed by atoms with Gasteiger partial charge < -0.3 is 20.1 Å². The Balaban J connectivity index is 1.25. The number of unbranched alkanes of at least 4 members (excludes halogenated alkanes) is 6. The van der Waals surface area contributed by atoms with Gasteiger partial charge in [0.2, 0.25) is 11.8 Å². The summed E-state index contributed by atoms with van der Waals surface area (Å²) in [4.78, 5) is 40.8. The highest BCUT2D eigenvalue weighted by Gasteiger charge is 2.56. The van der Waals surface area contributed by atoms with Crippen molar-refractivity contribution >= 4 is 27.7 Å². The molecule has 0 aromatic heterocycles. The average Bonchev–Trinajstić information content (AvgIpc) is 3.27. The smallest absolute Gasteiger partial charge is 0.267 e. The van der Waals surface area contributed by atoms with Gasteiger partial charge in [-0.2, -0.15) is 5.26 Å². The number of benzene rings is 2. The average molecular weight is 884 g/mol. The van der Waals surface area contributed by atoms with E-state index in [-0.39, 0.29) is 51.9 Å². The fourth-order valence-electron chi connectivity index (χ4n) is 9.02. The van der Waals surface area contributed by atoms with Gasteiger partial charge in [-0.05, 0) is 102 Å². The predicted molar refractivity (Wildman–Crippen MR) is 243 cm³/mol. The standard InChI is InChI=1S/C48H65N7O7S/c1-8-9-19-44(57)55(28-25-49)63(59,60)37-22-20-34(21-23-37)46(58)51-26-16-12-10-14-18-43(56)52-33-35-29-38(40-32-39(35)48(40,4)5)45-41(61-6)30-36(31-42(45)62-7)47(2,3)24-15-11-13-17-27-53-54-50/h1,20-23,29-31,38-40H,9-19,24,26-28,32-33H2,2-7H3,(H,51,58)(H,52,56)/t38-,39+,40-/m0/s1. The van der Waals surface area contributed by atoms with Crippen molar-refractivity contribution in [1.82, 2.24) is 14.9 Å². The zero-order chi connectivity index (χ0) is 46.2. The number of hydrogen-bond acceptors (Lipinski definition) is 9. The maximum absolute atomic E-state index is 13.0. The van der Waals surface area contributed by atoms with E-state index in [9.17, 15) is 22.8 Å². The minimum absolute atomic E-state index is 0.00978. The number of ether oxygens (including phenoxy) is 2. The molecule has 2 bridgehead atoms. The van der Waals surface area contributed by atoms with Crippen LogP contribution in [0, 0.1) is 40.9 Å². The molecule has 0 saturated heterocycles. The molecule has 3 aliphatic rings. The number of methoxy groups -OCH3 is 2. The molecule has 14 nitrogen and oxygen atoms in total. The number of nitrogens with zero attached hydrogens (tertiary/aromatic N) is 5. The molecule has 2 aromatic rings. The highest BCUT2D eigenvalue weighted by molar-refractivity contribution is 7.89. The van der Waals surface area contributed by atoms with Crippen LogP contribution in [0.15, 0.2) is 58.1 Å². The summed E-state index contributed by atoms with van der Waals surface area (Å²) in [6.45, 7) is 9.98. The van der Waals surface area contributed by atoms with E-state index in [4.69, 9.17) is 26.7 Å². The Kier molecular flexibility index (Phi) is 18.5. The zero-order valence-corrected chi connectivity index (χ0v) is 38.7.